The van der Waals surface area contributed by atoms with E-state index >= 15 is 0 Å². The van der Waals surface area contributed by atoms with Crippen LogP contribution in [0.15, 0.2) is 6.20 Å². The molecule has 7 heteroatoms. The van der Waals surface area contributed by atoms with Gasteiger partial charge >= 0.3 is 0 Å². The first-order chi connectivity index (χ1) is 9.17. The Morgan fingerprint density at radius 2 is 2.21 bits per heavy atom. The Labute approximate surface area is 113 Å². The van der Waals surface area contributed by atoms with Gasteiger partial charge in [-0.3, -0.25) is 4.79 Å². The highest BCUT2D eigenvalue weighted by molar-refractivity contribution is 5.76. The maximum Gasteiger partial charge on any atom is 0.224 e. The van der Waals surface area contributed by atoms with Gasteiger partial charge in [0.05, 0.1) is 6.61 Å². The Morgan fingerprint density at radius 3 is 2.89 bits per heavy atom. The summed E-state index contributed by atoms with van der Waals surface area (Å²) in [7, 11) is 3.36. The molecule has 0 radical (unpaired) electrons. The van der Waals surface area contributed by atoms with Crippen LogP contribution < -0.4 is 16.0 Å². The number of aromatic nitrogens is 2. The topological polar surface area (TPSA) is 88.2 Å². The maximum absolute atomic E-state index is 11.5. The molecule has 1 aromatic heterocycles. The second kappa shape index (κ2) is 8.25. The summed E-state index contributed by atoms with van der Waals surface area (Å²) < 4.78 is 4.85. The highest BCUT2D eigenvalue weighted by Gasteiger charge is 2.04. The van der Waals surface area contributed by atoms with Crippen LogP contribution >= 0.6 is 0 Å². The van der Waals surface area contributed by atoms with Gasteiger partial charge in [0.25, 0.3) is 0 Å². The standard InChI is InChI=1S/C12H21N5O2/c1-9-8-16-12(13-2)17-11(9)15-5-4-10(18)14-6-7-19-3/h8H,4-7H2,1-3H3,(H,14,18)(H2,13,15,16,17). The van der Waals surface area contributed by atoms with Crippen molar-refractivity contribution in [3.05, 3.63) is 11.8 Å². The molecule has 0 aliphatic carbocycles. The van der Waals surface area contributed by atoms with Gasteiger partial charge in [-0.2, -0.15) is 4.98 Å². The summed E-state index contributed by atoms with van der Waals surface area (Å²) in [5, 5.41) is 8.76. The number of ether oxygens (including phenoxy) is 1. The molecule has 0 saturated heterocycles. The fourth-order valence-electron chi connectivity index (χ4n) is 1.42. The number of anilines is 2. The average molecular weight is 267 g/mol. The zero-order chi connectivity index (χ0) is 14.1. The van der Waals surface area contributed by atoms with E-state index in [1.165, 1.54) is 0 Å². The summed E-state index contributed by atoms with van der Waals surface area (Å²) in [4.78, 5) is 19.8. The summed E-state index contributed by atoms with van der Waals surface area (Å²) in [6.07, 6.45) is 2.13. The molecule has 0 saturated carbocycles. The van der Waals surface area contributed by atoms with E-state index in [-0.39, 0.29) is 5.91 Å². The van der Waals surface area contributed by atoms with Crippen molar-refractivity contribution in [1.29, 1.82) is 0 Å². The summed E-state index contributed by atoms with van der Waals surface area (Å²) in [6.45, 7) is 3.50. The average Bonchev–Trinajstić information content (AvgIpc) is 2.41. The zero-order valence-electron chi connectivity index (χ0n) is 11.6. The lowest BCUT2D eigenvalue weighted by Crippen LogP contribution is -2.28. The molecule has 0 bridgehead atoms. The maximum atomic E-state index is 11.5. The zero-order valence-corrected chi connectivity index (χ0v) is 11.6. The van der Waals surface area contributed by atoms with Crippen molar-refractivity contribution >= 4 is 17.7 Å². The van der Waals surface area contributed by atoms with Crippen molar-refractivity contribution in [2.45, 2.75) is 13.3 Å². The Bertz CT molecular complexity index is 411. The molecule has 0 spiro atoms. The SMILES string of the molecule is CNc1ncc(C)c(NCCC(=O)NCCOC)n1. The van der Waals surface area contributed by atoms with E-state index in [1.807, 2.05) is 6.92 Å². The molecule has 0 unspecified atom stereocenters. The van der Waals surface area contributed by atoms with E-state index < -0.39 is 0 Å². The van der Waals surface area contributed by atoms with Gasteiger partial charge in [0.2, 0.25) is 11.9 Å². The largest absolute Gasteiger partial charge is 0.383 e. The number of carbonyl (C=O) groups excluding carboxylic acids is 1. The second-order valence-electron chi connectivity index (χ2n) is 3.99. The summed E-state index contributed by atoms with van der Waals surface area (Å²) in [5.74, 6) is 1.28. The number of hydrogen-bond donors (Lipinski definition) is 3. The Morgan fingerprint density at radius 1 is 1.42 bits per heavy atom. The van der Waals surface area contributed by atoms with Crippen molar-refractivity contribution < 1.29 is 9.53 Å². The van der Waals surface area contributed by atoms with Gasteiger partial charge in [0.15, 0.2) is 0 Å². The fourth-order valence-corrected chi connectivity index (χ4v) is 1.42. The number of carbonyl (C=O) groups is 1. The third-order valence-corrected chi connectivity index (χ3v) is 2.47. The van der Waals surface area contributed by atoms with Gasteiger partial charge in [0.1, 0.15) is 5.82 Å². The van der Waals surface area contributed by atoms with Crippen LogP contribution in [-0.4, -0.2) is 49.7 Å². The number of hydrogen-bond acceptors (Lipinski definition) is 6. The summed E-state index contributed by atoms with van der Waals surface area (Å²) in [6, 6.07) is 0. The molecule has 0 fully saturated rings. The molecule has 1 rings (SSSR count). The van der Waals surface area contributed by atoms with Crippen molar-refractivity contribution in [3.63, 3.8) is 0 Å². The van der Waals surface area contributed by atoms with E-state index in [9.17, 15) is 4.79 Å². The van der Waals surface area contributed by atoms with Gasteiger partial charge in [-0.15, -0.1) is 0 Å². The van der Waals surface area contributed by atoms with E-state index in [2.05, 4.69) is 25.9 Å². The minimum Gasteiger partial charge on any atom is -0.383 e. The van der Waals surface area contributed by atoms with Gasteiger partial charge in [-0.25, -0.2) is 4.98 Å². The van der Waals surface area contributed by atoms with Gasteiger partial charge < -0.3 is 20.7 Å². The smallest absolute Gasteiger partial charge is 0.224 e. The van der Waals surface area contributed by atoms with Crippen LogP contribution in [0.3, 0.4) is 0 Å². The Kier molecular flexibility index (Phi) is 6.59. The fraction of sp³-hybridized carbons (Fsp3) is 0.583. The normalized spacial score (nSPS) is 10.1. The van der Waals surface area contributed by atoms with E-state index in [1.54, 1.807) is 20.4 Å². The molecule has 1 amide bonds. The third kappa shape index (κ3) is 5.52. The second-order valence-corrected chi connectivity index (χ2v) is 3.99. The van der Waals surface area contributed by atoms with Crippen LogP contribution in [0.1, 0.15) is 12.0 Å². The molecule has 1 aromatic rings. The highest BCUT2D eigenvalue weighted by atomic mass is 16.5. The molecule has 19 heavy (non-hydrogen) atoms. The summed E-state index contributed by atoms with van der Waals surface area (Å²) in [5.41, 5.74) is 0.943. The van der Waals surface area contributed by atoms with Crippen molar-refractivity contribution in [2.24, 2.45) is 0 Å². The first-order valence-corrected chi connectivity index (χ1v) is 6.18. The van der Waals surface area contributed by atoms with Crippen LogP contribution in [0.25, 0.3) is 0 Å². The predicted molar refractivity (Wildman–Crippen MR) is 74.3 cm³/mol. The molecular formula is C12H21N5O2. The monoisotopic (exact) mass is 267 g/mol. The first kappa shape index (κ1) is 15.2. The molecule has 1 heterocycles. The van der Waals surface area contributed by atoms with E-state index in [0.717, 1.165) is 11.4 Å². The van der Waals surface area contributed by atoms with Crippen molar-refractivity contribution in [3.8, 4) is 0 Å². The molecule has 0 atom stereocenters. The number of nitrogens with one attached hydrogen (secondary N) is 3. The van der Waals surface area contributed by atoms with E-state index in [0.29, 0.717) is 32.1 Å². The van der Waals surface area contributed by atoms with Gasteiger partial charge in [-0.05, 0) is 6.92 Å². The predicted octanol–water partition coefficient (Wildman–Crippen LogP) is 0.391. The third-order valence-electron chi connectivity index (χ3n) is 2.47. The molecule has 106 valence electrons. The number of nitrogens with zero attached hydrogens (tertiary/aromatic N) is 2. The lowest BCUT2D eigenvalue weighted by molar-refractivity contribution is -0.121. The van der Waals surface area contributed by atoms with Crippen LogP contribution in [0.4, 0.5) is 11.8 Å². The van der Waals surface area contributed by atoms with Crippen molar-refractivity contribution in [2.75, 3.05) is 44.5 Å². The molecular weight excluding hydrogens is 246 g/mol. The number of amides is 1. The van der Waals surface area contributed by atoms with Crippen LogP contribution in [0.2, 0.25) is 0 Å². The van der Waals surface area contributed by atoms with Crippen LogP contribution in [0.5, 0.6) is 0 Å². The minimum atomic E-state index is -0.00917. The highest BCUT2D eigenvalue weighted by Crippen LogP contribution is 2.11. The molecule has 0 aromatic carbocycles. The minimum absolute atomic E-state index is 0.00917. The molecule has 0 aliphatic heterocycles. The van der Waals surface area contributed by atoms with Crippen molar-refractivity contribution in [1.82, 2.24) is 15.3 Å². The quantitative estimate of drug-likeness (QED) is 0.591. The Hall–Kier alpha value is -1.89. The Balaban J connectivity index is 2.34. The molecule has 7 nitrogen and oxygen atoms in total. The van der Waals surface area contributed by atoms with E-state index in [4.69, 9.17) is 4.74 Å². The lowest BCUT2D eigenvalue weighted by atomic mass is 10.3. The number of methoxy groups -OCH3 is 1. The van der Waals surface area contributed by atoms with Gasteiger partial charge in [-0.1, -0.05) is 0 Å². The lowest BCUT2D eigenvalue weighted by Gasteiger charge is -2.09. The first-order valence-electron chi connectivity index (χ1n) is 6.18. The van der Waals surface area contributed by atoms with Gasteiger partial charge in [0, 0.05) is 45.4 Å². The molecule has 0 aliphatic rings. The van der Waals surface area contributed by atoms with Crippen LogP contribution in [-0.2, 0) is 9.53 Å². The van der Waals surface area contributed by atoms with Crippen LogP contribution in [0, 0.1) is 6.92 Å². The summed E-state index contributed by atoms with van der Waals surface area (Å²) >= 11 is 0. The number of aryl methyl sites for hydroxylation is 1. The molecule has 3 N–H and O–H groups in total. The number of rotatable bonds is 8.